The van der Waals surface area contributed by atoms with Gasteiger partial charge in [-0.25, -0.2) is 9.67 Å². The Morgan fingerprint density at radius 2 is 2.35 bits per heavy atom. The van der Waals surface area contributed by atoms with Crippen molar-refractivity contribution in [2.75, 3.05) is 5.75 Å². The Labute approximate surface area is 106 Å². The summed E-state index contributed by atoms with van der Waals surface area (Å²) in [5, 5.41) is 17.6. The van der Waals surface area contributed by atoms with Crippen LogP contribution in [0.3, 0.4) is 0 Å². The Morgan fingerprint density at radius 3 is 2.94 bits per heavy atom. The van der Waals surface area contributed by atoms with Crippen LogP contribution >= 0.6 is 23.1 Å². The van der Waals surface area contributed by atoms with Crippen molar-refractivity contribution in [2.45, 2.75) is 12.1 Å². The molecule has 2 aromatic rings. The molecule has 0 bridgehead atoms. The fraction of sp³-hybridized carbons (Fsp3) is 0.300. The fourth-order valence-electron chi connectivity index (χ4n) is 1.33. The number of carboxylic acid groups (broad SMARTS) is 1. The molecule has 2 rings (SSSR count). The van der Waals surface area contributed by atoms with Crippen LogP contribution in [0.4, 0.5) is 0 Å². The fourth-order valence-corrected chi connectivity index (χ4v) is 2.78. The van der Waals surface area contributed by atoms with Gasteiger partial charge in [0.25, 0.3) is 0 Å². The van der Waals surface area contributed by atoms with Crippen molar-refractivity contribution in [1.29, 1.82) is 0 Å². The molecule has 0 unspecified atom stereocenters. The van der Waals surface area contributed by atoms with Gasteiger partial charge in [-0.15, -0.1) is 0 Å². The zero-order valence-corrected chi connectivity index (χ0v) is 11.0. The molecular formula is C10H11N3O2S2. The summed E-state index contributed by atoms with van der Waals surface area (Å²) in [6.07, 6.45) is 0. The SMILES string of the molecule is Cc1cscc1-c1nc(SCC(=O)O)n(C)n1. The molecule has 1 N–H and O–H groups in total. The van der Waals surface area contributed by atoms with Crippen LogP contribution in [-0.4, -0.2) is 31.6 Å². The number of thiophene rings is 1. The van der Waals surface area contributed by atoms with E-state index >= 15 is 0 Å². The summed E-state index contributed by atoms with van der Waals surface area (Å²) in [5.74, 6) is -0.209. The lowest BCUT2D eigenvalue weighted by Crippen LogP contribution is -2.00. The van der Waals surface area contributed by atoms with Crippen molar-refractivity contribution in [2.24, 2.45) is 7.05 Å². The van der Waals surface area contributed by atoms with Crippen LogP contribution in [0.25, 0.3) is 11.4 Å². The lowest BCUT2D eigenvalue weighted by atomic mass is 10.2. The van der Waals surface area contributed by atoms with E-state index in [0.717, 1.165) is 11.1 Å². The number of carbonyl (C=O) groups is 1. The van der Waals surface area contributed by atoms with E-state index in [1.807, 2.05) is 17.7 Å². The Morgan fingerprint density at radius 1 is 1.59 bits per heavy atom. The first-order valence-electron chi connectivity index (χ1n) is 4.86. The number of aliphatic carboxylic acids is 1. The maximum Gasteiger partial charge on any atom is 0.313 e. The van der Waals surface area contributed by atoms with Crippen LogP contribution in [0, 0.1) is 6.92 Å². The van der Waals surface area contributed by atoms with E-state index in [9.17, 15) is 4.79 Å². The van der Waals surface area contributed by atoms with Gasteiger partial charge in [0.1, 0.15) is 0 Å². The molecule has 0 aliphatic heterocycles. The van der Waals surface area contributed by atoms with Crippen LogP contribution in [0.1, 0.15) is 5.56 Å². The highest BCUT2D eigenvalue weighted by molar-refractivity contribution is 7.99. The smallest absolute Gasteiger partial charge is 0.313 e. The normalized spacial score (nSPS) is 10.7. The molecule has 0 radical (unpaired) electrons. The summed E-state index contributed by atoms with van der Waals surface area (Å²) in [6.45, 7) is 2.01. The van der Waals surface area contributed by atoms with Gasteiger partial charge in [0.2, 0.25) is 0 Å². The molecule has 0 amide bonds. The number of carboxylic acids is 1. The number of nitrogens with zero attached hydrogens (tertiary/aromatic N) is 3. The average Bonchev–Trinajstić information content (AvgIpc) is 2.82. The molecule has 2 aromatic heterocycles. The van der Waals surface area contributed by atoms with E-state index in [-0.39, 0.29) is 5.75 Å². The second-order valence-corrected chi connectivity index (χ2v) is 5.18. The predicted molar refractivity (Wildman–Crippen MR) is 67.4 cm³/mol. The van der Waals surface area contributed by atoms with Gasteiger partial charge in [0.05, 0.1) is 5.75 Å². The van der Waals surface area contributed by atoms with Crippen LogP contribution in [0.5, 0.6) is 0 Å². The number of thioether (sulfide) groups is 1. The van der Waals surface area contributed by atoms with Crippen LogP contribution in [0.15, 0.2) is 15.9 Å². The van der Waals surface area contributed by atoms with Gasteiger partial charge in [-0.05, 0) is 17.9 Å². The minimum atomic E-state index is -0.855. The molecule has 0 aromatic carbocycles. The third kappa shape index (κ3) is 2.67. The minimum absolute atomic E-state index is 0.00536. The topological polar surface area (TPSA) is 68.0 Å². The second-order valence-electron chi connectivity index (χ2n) is 3.49. The van der Waals surface area contributed by atoms with E-state index in [1.165, 1.54) is 11.8 Å². The molecule has 17 heavy (non-hydrogen) atoms. The van der Waals surface area contributed by atoms with Gasteiger partial charge in [0.15, 0.2) is 11.0 Å². The highest BCUT2D eigenvalue weighted by Crippen LogP contribution is 2.26. The third-order valence-corrected chi connectivity index (χ3v) is 4.01. The molecule has 7 heteroatoms. The van der Waals surface area contributed by atoms with Crippen LogP contribution in [0.2, 0.25) is 0 Å². The molecule has 2 heterocycles. The molecule has 0 aliphatic rings. The number of aromatic nitrogens is 3. The summed E-state index contributed by atoms with van der Waals surface area (Å²) in [7, 11) is 1.77. The molecule has 0 saturated heterocycles. The zero-order valence-electron chi connectivity index (χ0n) is 9.38. The monoisotopic (exact) mass is 269 g/mol. The van der Waals surface area contributed by atoms with E-state index < -0.39 is 5.97 Å². The molecular weight excluding hydrogens is 258 g/mol. The highest BCUT2D eigenvalue weighted by Gasteiger charge is 2.13. The largest absolute Gasteiger partial charge is 0.481 e. The van der Waals surface area contributed by atoms with Crippen molar-refractivity contribution in [1.82, 2.24) is 14.8 Å². The third-order valence-electron chi connectivity index (χ3n) is 2.14. The predicted octanol–water partition coefficient (Wildman–Crippen LogP) is 2.03. The lowest BCUT2D eigenvalue weighted by molar-refractivity contribution is -0.133. The Balaban J connectivity index is 2.24. The molecule has 0 saturated carbocycles. The van der Waals surface area contributed by atoms with Crippen molar-refractivity contribution >= 4 is 29.1 Å². The van der Waals surface area contributed by atoms with E-state index in [1.54, 1.807) is 23.1 Å². The second kappa shape index (κ2) is 4.89. The van der Waals surface area contributed by atoms with E-state index in [0.29, 0.717) is 11.0 Å². The first-order valence-corrected chi connectivity index (χ1v) is 6.79. The maximum atomic E-state index is 10.5. The number of aryl methyl sites for hydroxylation is 2. The van der Waals surface area contributed by atoms with Gasteiger partial charge in [-0.3, -0.25) is 4.79 Å². The lowest BCUT2D eigenvalue weighted by Gasteiger charge is -1.94. The van der Waals surface area contributed by atoms with E-state index in [4.69, 9.17) is 5.11 Å². The van der Waals surface area contributed by atoms with E-state index in [2.05, 4.69) is 10.1 Å². The summed E-state index contributed by atoms with van der Waals surface area (Å²) < 4.78 is 1.61. The molecule has 0 atom stereocenters. The van der Waals surface area contributed by atoms with Crippen molar-refractivity contribution in [3.05, 3.63) is 16.3 Å². The first kappa shape index (κ1) is 12.1. The Kier molecular flexibility index (Phi) is 3.49. The maximum absolute atomic E-state index is 10.5. The highest BCUT2D eigenvalue weighted by atomic mass is 32.2. The average molecular weight is 269 g/mol. The molecule has 5 nitrogen and oxygen atoms in total. The van der Waals surface area contributed by atoms with Crippen LogP contribution in [-0.2, 0) is 11.8 Å². The van der Waals surface area contributed by atoms with Crippen molar-refractivity contribution in [3.8, 4) is 11.4 Å². The van der Waals surface area contributed by atoms with Gasteiger partial charge >= 0.3 is 5.97 Å². The number of hydrogen-bond acceptors (Lipinski definition) is 5. The van der Waals surface area contributed by atoms with Gasteiger partial charge in [-0.1, -0.05) is 11.8 Å². The Bertz CT molecular complexity index is 547. The summed E-state index contributed by atoms with van der Waals surface area (Å²) in [4.78, 5) is 14.8. The van der Waals surface area contributed by atoms with Gasteiger partial charge < -0.3 is 5.11 Å². The minimum Gasteiger partial charge on any atom is -0.481 e. The summed E-state index contributed by atoms with van der Waals surface area (Å²) in [5.41, 5.74) is 2.14. The van der Waals surface area contributed by atoms with Crippen LogP contribution < -0.4 is 0 Å². The first-order chi connectivity index (χ1) is 8.08. The van der Waals surface area contributed by atoms with Gasteiger partial charge in [-0.2, -0.15) is 16.4 Å². The molecule has 90 valence electrons. The molecule has 0 spiro atoms. The number of rotatable bonds is 4. The van der Waals surface area contributed by atoms with Crippen molar-refractivity contribution in [3.63, 3.8) is 0 Å². The van der Waals surface area contributed by atoms with Crippen molar-refractivity contribution < 1.29 is 9.90 Å². The summed E-state index contributed by atoms with van der Waals surface area (Å²) in [6, 6.07) is 0. The van der Waals surface area contributed by atoms with Gasteiger partial charge in [0, 0.05) is 18.0 Å². The zero-order chi connectivity index (χ0) is 12.4. The quantitative estimate of drug-likeness (QED) is 0.860. The summed E-state index contributed by atoms with van der Waals surface area (Å²) >= 11 is 2.78. The standard InChI is InChI=1S/C10H11N3O2S2/c1-6-3-16-4-7(6)9-11-10(13(2)12-9)17-5-8(14)15/h3-4H,5H2,1-2H3,(H,14,15). The molecule has 0 fully saturated rings. The Hall–Kier alpha value is -1.34. The molecule has 0 aliphatic carbocycles. The number of hydrogen-bond donors (Lipinski definition) is 1.